The molecule has 0 amide bonds. The fourth-order valence-electron chi connectivity index (χ4n) is 1.40. The Morgan fingerprint density at radius 2 is 2.10 bits per heavy atom. The summed E-state index contributed by atoms with van der Waals surface area (Å²) in [6.07, 6.45) is -5.44. The molecule has 1 aromatic rings. The largest absolute Gasteiger partial charge is 0.574 e. The predicted molar refractivity (Wildman–Crippen MR) is 60.8 cm³/mol. The van der Waals surface area contributed by atoms with Crippen molar-refractivity contribution >= 4 is 17.6 Å². The van der Waals surface area contributed by atoms with Gasteiger partial charge in [-0.15, -0.1) is 24.8 Å². The van der Waals surface area contributed by atoms with Crippen LogP contribution in [0.5, 0.6) is 5.88 Å². The van der Waals surface area contributed by atoms with Crippen molar-refractivity contribution in [3.8, 4) is 5.88 Å². The molecular formula is C11H10ClF4NO3. The van der Waals surface area contributed by atoms with Gasteiger partial charge in [-0.1, -0.05) is 0 Å². The first kappa shape index (κ1) is 16.5. The fraction of sp³-hybridized carbons (Fsp3) is 0.455. The summed E-state index contributed by atoms with van der Waals surface area (Å²) in [6, 6.07) is 0.811. The Kier molecular flexibility index (Phi) is 5.55. The second kappa shape index (κ2) is 6.74. The first-order chi connectivity index (χ1) is 9.26. The number of pyridine rings is 1. The van der Waals surface area contributed by atoms with Crippen molar-refractivity contribution < 1.29 is 31.8 Å². The Balaban J connectivity index is 3.09. The number of halogens is 5. The van der Waals surface area contributed by atoms with Gasteiger partial charge in [0.05, 0.1) is 18.9 Å². The molecule has 0 fully saturated rings. The summed E-state index contributed by atoms with van der Waals surface area (Å²) in [6.45, 7) is 1.65. The summed E-state index contributed by atoms with van der Waals surface area (Å²) in [5, 5.41) is 0. The Labute approximate surface area is 116 Å². The first-order valence-corrected chi connectivity index (χ1v) is 5.96. The Morgan fingerprint density at radius 1 is 1.45 bits per heavy atom. The number of hydrogen-bond acceptors (Lipinski definition) is 4. The number of hydrogen-bond donors (Lipinski definition) is 0. The van der Waals surface area contributed by atoms with Gasteiger partial charge in [0.15, 0.2) is 0 Å². The summed E-state index contributed by atoms with van der Waals surface area (Å²) in [7, 11) is 0. The zero-order valence-corrected chi connectivity index (χ0v) is 11.0. The second-order valence-electron chi connectivity index (χ2n) is 3.55. The molecule has 0 unspecified atom stereocenters. The van der Waals surface area contributed by atoms with Gasteiger partial charge < -0.3 is 9.47 Å². The molecule has 0 bridgehead atoms. The minimum Gasteiger partial charge on any atom is -0.466 e. The van der Waals surface area contributed by atoms with E-state index in [1.165, 1.54) is 0 Å². The van der Waals surface area contributed by atoms with E-state index >= 15 is 0 Å². The van der Waals surface area contributed by atoms with E-state index in [-0.39, 0.29) is 23.6 Å². The van der Waals surface area contributed by atoms with Crippen LogP contribution < -0.4 is 4.74 Å². The van der Waals surface area contributed by atoms with E-state index in [4.69, 9.17) is 11.6 Å². The lowest BCUT2D eigenvalue weighted by molar-refractivity contribution is -0.276. The summed E-state index contributed by atoms with van der Waals surface area (Å²) in [4.78, 5) is 14.3. The third-order valence-corrected chi connectivity index (χ3v) is 2.40. The number of ether oxygens (including phenoxy) is 2. The predicted octanol–water partition coefficient (Wildman–Crippen LogP) is 2.96. The van der Waals surface area contributed by atoms with Crippen molar-refractivity contribution in [3.05, 3.63) is 23.1 Å². The maximum Gasteiger partial charge on any atom is 0.574 e. The number of rotatable bonds is 5. The van der Waals surface area contributed by atoms with Gasteiger partial charge >= 0.3 is 12.3 Å². The molecule has 0 aliphatic carbocycles. The van der Waals surface area contributed by atoms with Crippen LogP contribution in [-0.4, -0.2) is 23.9 Å². The molecule has 0 N–H and O–H groups in total. The fourth-order valence-corrected chi connectivity index (χ4v) is 1.68. The summed E-state index contributed by atoms with van der Waals surface area (Å²) >= 11 is 5.49. The van der Waals surface area contributed by atoms with E-state index in [0.29, 0.717) is 0 Å². The van der Waals surface area contributed by atoms with Crippen LogP contribution in [0.1, 0.15) is 18.1 Å². The normalized spacial score (nSPS) is 11.3. The van der Waals surface area contributed by atoms with Gasteiger partial charge in [-0.2, -0.15) is 9.37 Å². The Morgan fingerprint density at radius 3 is 2.60 bits per heavy atom. The summed E-state index contributed by atoms with van der Waals surface area (Å²) < 4.78 is 57.9. The lowest BCUT2D eigenvalue weighted by atomic mass is 10.1. The number of nitrogens with zero attached hydrogens (tertiary/aromatic N) is 1. The molecule has 4 nitrogen and oxygen atoms in total. The van der Waals surface area contributed by atoms with Crippen molar-refractivity contribution in [1.29, 1.82) is 0 Å². The zero-order valence-electron chi connectivity index (χ0n) is 10.3. The quantitative estimate of drug-likeness (QED) is 0.363. The lowest BCUT2D eigenvalue weighted by Gasteiger charge is -2.12. The molecule has 0 aliphatic rings. The number of alkyl halides is 4. The Bertz CT molecular complexity index is 493. The van der Waals surface area contributed by atoms with Gasteiger partial charge in [0.25, 0.3) is 0 Å². The molecule has 0 aliphatic heterocycles. The van der Waals surface area contributed by atoms with Gasteiger partial charge in [-0.25, -0.2) is 0 Å². The molecule has 0 aromatic carbocycles. The van der Waals surface area contributed by atoms with E-state index in [9.17, 15) is 22.4 Å². The van der Waals surface area contributed by atoms with Gasteiger partial charge in [-0.3, -0.25) is 4.79 Å². The van der Waals surface area contributed by atoms with Gasteiger partial charge in [0.2, 0.25) is 11.8 Å². The average Bonchev–Trinajstić information content (AvgIpc) is 2.26. The van der Waals surface area contributed by atoms with Crippen LogP contribution in [0.25, 0.3) is 0 Å². The minimum atomic E-state index is -5.01. The molecule has 0 radical (unpaired) electrons. The van der Waals surface area contributed by atoms with Gasteiger partial charge in [0, 0.05) is 11.6 Å². The van der Waals surface area contributed by atoms with Crippen molar-refractivity contribution in [1.82, 2.24) is 4.98 Å². The monoisotopic (exact) mass is 315 g/mol. The SMILES string of the molecule is CCOC(=O)Cc1cc(OC(F)(F)F)nc(F)c1CCl. The number of carbonyl (C=O) groups is 1. The third-order valence-electron chi connectivity index (χ3n) is 2.14. The maximum atomic E-state index is 13.5. The summed E-state index contributed by atoms with van der Waals surface area (Å²) in [5.41, 5.74) is -0.237. The van der Waals surface area contributed by atoms with Crippen molar-refractivity contribution in [2.45, 2.75) is 25.6 Å². The topological polar surface area (TPSA) is 48.4 Å². The summed E-state index contributed by atoms with van der Waals surface area (Å²) in [5.74, 6) is -3.29. The standard InChI is InChI=1S/C11H10ClF4NO3/c1-2-19-9(18)4-6-3-8(20-11(14,15)16)17-10(13)7(6)5-12/h3H,2,4-5H2,1H3. The van der Waals surface area contributed by atoms with E-state index in [0.717, 1.165) is 6.07 Å². The smallest absolute Gasteiger partial charge is 0.466 e. The van der Waals surface area contributed by atoms with E-state index in [2.05, 4.69) is 14.5 Å². The third kappa shape index (κ3) is 4.84. The Hall–Kier alpha value is -1.57. The van der Waals surface area contributed by atoms with Crippen molar-refractivity contribution in [3.63, 3.8) is 0 Å². The minimum absolute atomic E-state index is 0.0646. The van der Waals surface area contributed by atoms with Crippen LogP contribution in [-0.2, 0) is 21.8 Å². The molecular weight excluding hydrogens is 306 g/mol. The van der Waals surface area contributed by atoms with Crippen LogP contribution in [0.4, 0.5) is 17.6 Å². The van der Waals surface area contributed by atoms with E-state index in [1.54, 1.807) is 6.92 Å². The van der Waals surface area contributed by atoms with Gasteiger partial charge in [0.1, 0.15) is 0 Å². The van der Waals surface area contributed by atoms with Crippen LogP contribution in [0.3, 0.4) is 0 Å². The first-order valence-electron chi connectivity index (χ1n) is 5.42. The highest BCUT2D eigenvalue weighted by Gasteiger charge is 2.32. The molecule has 9 heteroatoms. The van der Waals surface area contributed by atoms with Crippen LogP contribution in [0.2, 0.25) is 0 Å². The van der Waals surface area contributed by atoms with Crippen LogP contribution in [0.15, 0.2) is 6.07 Å². The van der Waals surface area contributed by atoms with Crippen molar-refractivity contribution in [2.24, 2.45) is 0 Å². The van der Waals surface area contributed by atoms with Gasteiger partial charge in [-0.05, 0) is 12.5 Å². The highest BCUT2D eigenvalue weighted by atomic mass is 35.5. The second-order valence-corrected chi connectivity index (χ2v) is 3.82. The molecule has 0 saturated heterocycles. The molecule has 1 heterocycles. The molecule has 20 heavy (non-hydrogen) atoms. The molecule has 0 saturated carbocycles. The molecule has 1 rings (SSSR count). The van der Waals surface area contributed by atoms with E-state index in [1.807, 2.05) is 0 Å². The number of aromatic nitrogens is 1. The van der Waals surface area contributed by atoms with Crippen molar-refractivity contribution in [2.75, 3.05) is 6.61 Å². The molecule has 112 valence electrons. The average molecular weight is 316 g/mol. The maximum absolute atomic E-state index is 13.5. The highest BCUT2D eigenvalue weighted by Crippen LogP contribution is 2.25. The molecule has 1 aromatic heterocycles. The number of carbonyl (C=O) groups excluding carboxylic acids is 1. The number of esters is 1. The van der Waals surface area contributed by atoms with Crippen LogP contribution in [0, 0.1) is 5.95 Å². The highest BCUT2D eigenvalue weighted by molar-refractivity contribution is 6.17. The molecule has 0 spiro atoms. The van der Waals surface area contributed by atoms with E-state index < -0.39 is 30.6 Å². The van der Waals surface area contributed by atoms with Crippen LogP contribution >= 0.6 is 11.6 Å². The zero-order chi connectivity index (χ0) is 15.3. The lowest BCUT2D eigenvalue weighted by Crippen LogP contribution is -2.19. The molecule has 0 atom stereocenters.